The van der Waals surface area contributed by atoms with Crippen molar-refractivity contribution in [2.75, 3.05) is 44.2 Å². The summed E-state index contributed by atoms with van der Waals surface area (Å²) >= 11 is 0. The molecule has 2 aliphatic heterocycles. The summed E-state index contributed by atoms with van der Waals surface area (Å²) in [6, 6.07) is 17.2. The van der Waals surface area contributed by atoms with Gasteiger partial charge in [0, 0.05) is 44.1 Å². The van der Waals surface area contributed by atoms with Crippen LogP contribution in [0.4, 0.5) is 16.2 Å². The van der Waals surface area contributed by atoms with Crippen LogP contribution < -0.4 is 4.90 Å². The smallest absolute Gasteiger partial charge is 0.410 e. The summed E-state index contributed by atoms with van der Waals surface area (Å²) in [5.41, 5.74) is 5.04. The first-order valence-electron chi connectivity index (χ1n) is 10.9. The van der Waals surface area contributed by atoms with Crippen molar-refractivity contribution in [2.45, 2.75) is 26.4 Å². The quantitative estimate of drug-likeness (QED) is 0.632. The summed E-state index contributed by atoms with van der Waals surface area (Å²) < 4.78 is 5.32. The van der Waals surface area contributed by atoms with E-state index in [0.717, 1.165) is 45.7 Å². The third-order valence-electron chi connectivity index (χ3n) is 5.72. The number of benzene rings is 2. The van der Waals surface area contributed by atoms with E-state index in [-0.39, 0.29) is 24.6 Å². The Labute approximate surface area is 191 Å². The van der Waals surface area contributed by atoms with Crippen LogP contribution in [-0.4, -0.2) is 61.3 Å². The van der Waals surface area contributed by atoms with Crippen LogP contribution in [0.2, 0.25) is 0 Å². The number of carbonyl (C=O) groups excluding carboxylic acids is 1. The maximum Gasteiger partial charge on any atom is 0.410 e. The maximum atomic E-state index is 12.1. The maximum absolute atomic E-state index is 12.1. The number of para-hydroxylation sites is 2. The fourth-order valence-corrected chi connectivity index (χ4v) is 4.18. The molecular weight excluding hydrogens is 410 g/mol. The highest BCUT2D eigenvalue weighted by Crippen LogP contribution is 2.36. The third kappa shape index (κ3) is 5.60. The Morgan fingerprint density at radius 1 is 0.871 bits per heavy atom. The van der Waals surface area contributed by atoms with Gasteiger partial charge in [0.15, 0.2) is 0 Å². The number of halogens is 1. The van der Waals surface area contributed by atoms with E-state index in [0.29, 0.717) is 0 Å². The normalized spacial score (nSPS) is 15.7. The van der Waals surface area contributed by atoms with Crippen LogP contribution in [0, 0.1) is 0 Å². The zero-order valence-corrected chi connectivity index (χ0v) is 19.2. The van der Waals surface area contributed by atoms with Gasteiger partial charge in [-0.3, -0.25) is 4.90 Å². The van der Waals surface area contributed by atoms with Crippen LogP contribution in [0.3, 0.4) is 0 Å². The van der Waals surface area contributed by atoms with E-state index in [1.54, 1.807) is 0 Å². The van der Waals surface area contributed by atoms with Crippen molar-refractivity contribution in [3.8, 4) is 0 Å². The Balaban J connectivity index is 0.00000272. The number of hydrogen-bond acceptors (Lipinski definition) is 4. The van der Waals surface area contributed by atoms with Crippen molar-refractivity contribution in [3.63, 3.8) is 0 Å². The average molecular weight is 442 g/mol. The second-order valence-corrected chi connectivity index (χ2v) is 8.22. The fraction of sp³-hybridized carbons (Fsp3) is 0.400. The molecule has 166 valence electrons. The van der Waals surface area contributed by atoms with Gasteiger partial charge in [-0.2, -0.15) is 0 Å². The lowest BCUT2D eigenvalue weighted by atomic mass is 10.1. The Morgan fingerprint density at radius 3 is 1.97 bits per heavy atom. The summed E-state index contributed by atoms with van der Waals surface area (Å²) in [6.07, 6.45) is 5.24. The lowest BCUT2D eigenvalue weighted by Gasteiger charge is -2.35. The summed E-state index contributed by atoms with van der Waals surface area (Å²) in [5.74, 6) is 0. The first-order chi connectivity index (χ1) is 14.6. The molecule has 2 aliphatic rings. The molecular formula is C25H32ClN3O2. The van der Waals surface area contributed by atoms with Gasteiger partial charge < -0.3 is 14.5 Å². The molecule has 2 aromatic rings. The Morgan fingerprint density at radius 2 is 1.42 bits per heavy atom. The van der Waals surface area contributed by atoms with Gasteiger partial charge in [0.2, 0.25) is 0 Å². The molecule has 1 amide bonds. The van der Waals surface area contributed by atoms with Crippen LogP contribution in [0.5, 0.6) is 0 Å². The van der Waals surface area contributed by atoms with Crippen LogP contribution in [0.25, 0.3) is 12.2 Å². The van der Waals surface area contributed by atoms with E-state index in [1.807, 2.05) is 18.7 Å². The minimum Gasteiger partial charge on any atom is -0.447 e. The van der Waals surface area contributed by atoms with E-state index in [4.69, 9.17) is 4.74 Å². The standard InChI is InChI=1S/C25H31N3O2.ClH/c1-20(2)30-25(29)27-18-16-26(17-19-27)14-7-15-28-23-10-5-3-8-21(23)12-13-22-9-4-6-11-24(22)28;/h3-6,8-13,20H,7,14-19H2,1-2H3;1H. The predicted octanol–water partition coefficient (Wildman–Crippen LogP) is 5.28. The van der Waals surface area contributed by atoms with Gasteiger partial charge in [0.25, 0.3) is 0 Å². The van der Waals surface area contributed by atoms with Gasteiger partial charge in [-0.15, -0.1) is 12.4 Å². The van der Waals surface area contributed by atoms with Crippen LogP contribution >= 0.6 is 12.4 Å². The molecule has 2 heterocycles. The number of rotatable bonds is 5. The zero-order chi connectivity index (χ0) is 20.9. The Kier molecular flexibility index (Phi) is 7.99. The van der Waals surface area contributed by atoms with E-state index < -0.39 is 0 Å². The molecule has 0 saturated carbocycles. The van der Waals surface area contributed by atoms with E-state index >= 15 is 0 Å². The number of nitrogens with zero attached hydrogens (tertiary/aromatic N) is 3. The van der Waals surface area contributed by atoms with Gasteiger partial charge in [0.1, 0.15) is 0 Å². The molecule has 31 heavy (non-hydrogen) atoms. The monoisotopic (exact) mass is 441 g/mol. The first-order valence-corrected chi connectivity index (χ1v) is 10.9. The molecule has 1 saturated heterocycles. The summed E-state index contributed by atoms with van der Waals surface area (Å²) in [7, 11) is 0. The number of amides is 1. The number of anilines is 2. The summed E-state index contributed by atoms with van der Waals surface area (Å²) in [6.45, 7) is 9.07. The van der Waals surface area contributed by atoms with E-state index in [1.165, 1.54) is 22.5 Å². The minimum atomic E-state index is -0.185. The molecule has 0 radical (unpaired) electrons. The number of ether oxygens (including phenoxy) is 1. The molecule has 0 atom stereocenters. The van der Waals surface area contributed by atoms with Crippen LogP contribution in [0.15, 0.2) is 48.5 Å². The zero-order valence-electron chi connectivity index (χ0n) is 18.4. The molecule has 4 rings (SSSR count). The van der Waals surface area contributed by atoms with Gasteiger partial charge in [-0.05, 0) is 50.1 Å². The second kappa shape index (κ2) is 10.7. The molecule has 0 N–H and O–H groups in total. The number of fused-ring (bicyclic) bond motifs is 2. The van der Waals surface area contributed by atoms with Gasteiger partial charge >= 0.3 is 6.09 Å². The number of carbonyl (C=O) groups is 1. The Bertz CT molecular complexity index is 858. The van der Waals surface area contributed by atoms with E-state index in [2.05, 4.69) is 70.5 Å². The lowest BCUT2D eigenvalue weighted by Crippen LogP contribution is -2.49. The van der Waals surface area contributed by atoms with Gasteiger partial charge in [-0.25, -0.2) is 4.79 Å². The lowest BCUT2D eigenvalue weighted by molar-refractivity contribution is 0.0571. The molecule has 0 aromatic heterocycles. The molecule has 6 heteroatoms. The summed E-state index contributed by atoms with van der Waals surface area (Å²) in [4.78, 5) is 18.8. The van der Waals surface area contributed by atoms with Crippen molar-refractivity contribution < 1.29 is 9.53 Å². The molecule has 0 bridgehead atoms. The highest BCUT2D eigenvalue weighted by molar-refractivity contribution is 5.88. The largest absolute Gasteiger partial charge is 0.447 e. The van der Waals surface area contributed by atoms with Crippen LogP contribution in [-0.2, 0) is 4.74 Å². The SMILES string of the molecule is CC(C)OC(=O)N1CCN(CCCN2c3ccccc3C=Cc3ccccc32)CC1.Cl. The fourth-order valence-electron chi connectivity index (χ4n) is 4.18. The Hall–Kier alpha value is -2.50. The number of piperazine rings is 1. The highest BCUT2D eigenvalue weighted by atomic mass is 35.5. The van der Waals surface area contributed by atoms with Crippen molar-refractivity contribution in [1.82, 2.24) is 9.80 Å². The van der Waals surface area contributed by atoms with E-state index in [9.17, 15) is 4.79 Å². The van der Waals surface area contributed by atoms with Crippen molar-refractivity contribution in [1.29, 1.82) is 0 Å². The minimum absolute atomic E-state index is 0. The van der Waals surface area contributed by atoms with Gasteiger partial charge in [-0.1, -0.05) is 48.6 Å². The molecule has 0 unspecified atom stereocenters. The topological polar surface area (TPSA) is 36.0 Å². The average Bonchev–Trinajstić information content (AvgIpc) is 2.91. The predicted molar refractivity (Wildman–Crippen MR) is 130 cm³/mol. The van der Waals surface area contributed by atoms with Crippen molar-refractivity contribution in [3.05, 3.63) is 59.7 Å². The molecule has 5 nitrogen and oxygen atoms in total. The number of hydrogen-bond donors (Lipinski definition) is 0. The highest BCUT2D eigenvalue weighted by Gasteiger charge is 2.23. The molecule has 0 aliphatic carbocycles. The third-order valence-corrected chi connectivity index (χ3v) is 5.72. The first kappa shape index (κ1) is 23.2. The molecule has 0 spiro atoms. The van der Waals surface area contributed by atoms with Gasteiger partial charge in [0.05, 0.1) is 6.10 Å². The molecule has 2 aromatic carbocycles. The summed E-state index contributed by atoms with van der Waals surface area (Å²) in [5, 5.41) is 0. The van der Waals surface area contributed by atoms with Crippen molar-refractivity contribution >= 4 is 42.0 Å². The van der Waals surface area contributed by atoms with Crippen LogP contribution in [0.1, 0.15) is 31.4 Å². The molecule has 1 fully saturated rings. The van der Waals surface area contributed by atoms with Crippen molar-refractivity contribution in [2.24, 2.45) is 0 Å². The second-order valence-electron chi connectivity index (χ2n) is 8.22.